The van der Waals surface area contributed by atoms with Crippen LogP contribution in [0.2, 0.25) is 0 Å². The minimum atomic E-state index is -1.18. The molecule has 1 heterocycles. The Morgan fingerprint density at radius 1 is 1.19 bits per heavy atom. The Morgan fingerprint density at radius 2 is 1.86 bits per heavy atom. The van der Waals surface area contributed by atoms with Gasteiger partial charge in [-0.3, -0.25) is 0 Å². The zero-order chi connectivity index (χ0) is 15.1. The lowest BCUT2D eigenvalue weighted by molar-refractivity contribution is 0.401. The maximum Gasteiger partial charge on any atom is 0.144 e. The molecule has 1 atom stereocenters. The SMILES string of the molecule is CC(C)(C)[S+]([O-])/N=C1\Cc2ccccc2C12CCNCC2. The fourth-order valence-corrected chi connectivity index (χ4v) is 4.13. The van der Waals surface area contributed by atoms with Gasteiger partial charge in [0.25, 0.3) is 0 Å². The van der Waals surface area contributed by atoms with E-state index in [2.05, 4.69) is 29.6 Å². The summed E-state index contributed by atoms with van der Waals surface area (Å²) >= 11 is -1.18. The predicted molar refractivity (Wildman–Crippen MR) is 89.3 cm³/mol. The van der Waals surface area contributed by atoms with Crippen LogP contribution in [0, 0.1) is 0 Å². The lowest BCUT2D eigenvalue weighted by Crippen LogP contribution is -2.44. The fourth-order valence-electron chi connectivity index (χ4n) is 3.41. The Morgan fingerprint density at radius 3 is 2.52 bits per heavy atom. The van der Waals surface area contributed by atoms with Crippen molar-refractivity contribution in [2.75, 3.05) is 13.1 Å². The monoisotopic (exact) mass is 304 g/mol. The van der Waals surface area contributed by atoms with E-state index in [0.717, 1.165) is 38.1 Å². The molecule has 1 aromatic carbocycles. The largest absolute Gasteiger partial charge is 0.591 e. The normalized spacial score (nSPS) is 24.3. The summed E-state index contributed by atoms with van der Waals surface area (Å²) in [7, 11) is 0. The molecule has 1 aliphatic heterocycles. The van der Waals surface area contributed by atoms with E-state index < -0.39 is 11.4 Å². The molecule has 1 aliphatic carbocycles. The molecule has 2 aliphatic rings. The summed E-state index contributed by atoms with van der Waals surface area (Å²) < 4.78 is 16.9. The predicted octanol–water partition coefficient (Wildman–Crippen LogP) is 2.77. The highest BCUT2D eigenvalue weighted by Crippen LogP contribution is 2.44. The van der Waals surface area contributed by atoms with Crippen molar-refractivity contribution in [2.24, 2.45) is 4.40 Å². The van der Waals surface area contributed by atoms with Crippen molar-refractivity contribution in [3.05, 3.63) is 35.4 Å². The second-order valence-corrected chi connectivity index (χ2v) is 8.97. The average Bonchev–Trinajstić information content (AvgIpc) is 2.73. The van der Waals surface area contributed by atoms with E-state index in [9.17, 15) is 4.55 Å². The van der Waals surface area contributed by atoms with Gasteiger partial charge in [0.1, 0.15) is 16.1 Å². The topological polar surface area (TPSA) is 47.5 Å². The summed E-state index contributed by atoms with van der Waals surface area (Å²) in [6.45, 7) is 7.99. The first-order valence-electron chi connectivity index (χ1n) is 7.73. The van der Waals surface area contributed by atoms with Crippen molar-refractivity contribution in [2.45, 2.75) is 50.2 Å². The highest BCUT2D eigenvalue weighted by atomic mass is 32.2. The molecule has 1 fully saturated rings. The van der Waals surface area contributed by atoms with Crippen LogP contribution in [0.25, 0.3) is 0 Å². The van der Waals surface area contributed by atoms with Gasteiger partial charge in [0.15, 0.2) is 0 Å². The number of rotatable bonds is 1. The molecule has 0 saturated carbocycles. The van der Waals surface area contributed by atoms with Gasteiger partial charge in [-0.1, -0.05) is 28.7 Å². The van der Waals surface area contributed by atoms with Gasteiger partial charge >= 0.3 is 0 Å². The van der Waals surface area contributed by atoms with Crippen LogP contribution in [0.4, 0.5) is 0 Å². The van der Waals surface area contributed by atoms with Crippen LogP contribution >= 0.6 is 0 Å². The van der Waals surface area contributed by atoms with Crippen molar-refractivity contribution in [3.8, 4) is 0 Å². The van der Waals surface area contributed by atoms with Gasteiger partial charge < -0.3 is 9.87 Å². The molecular weight excluding hydrogens is 280 g/mol. The van der Waals surface area contributed by atoms with Crippen LogP contribution in [-0.2, 0) is 23.2 Å². The lowest BCUT2D eigenvalue weighted by Gasteiger charge is -2.35. The Balaban J connectivity index is 2.04. The molecule has 3 rings (SSSR count). The first-order valence-corrected chi connectivity index (χ1v) is 8.83. The van der Waals surface area contributed by atoms with Crippen LogP contribution in [-0.4, -0.2) is 28.1 Å². The van der Waals surface area contributed by atoms with Gasteiger partial charge in [-0.2, -0.15) is 0 Å². The Labute approximate surface area is 130 Å². The quantitative estimate of drug-likeness (QED) is 0.811. The van der Waals surface area contributed by atoms with Crippen LogP contribution in [0.1, 0.15) is 44.7 Å². The summed E-state index contributed by atoms with van der Waals surface area (Å²) in [5.74, 6) is 0. The van der Waals surface area contributed by atoms with E-state index in [0.29, 0.717) is 0 Å². The number of hydrogen-bond donors (Lipinski definition) is 1. The maximum atomic E-state index is 12.5. The fraction of sp³-hybridized carbons (Fsp3) is 0.588. The van der Waals surface area contributed by atoms with Crippen molar-refractivity contribution in [3.63, 3.8) is 0 Å². The number of fused-ring (bicyclic) bond motifs is 2. The summed E-state index contributed by atoms with van der Waals surface area (Å²) in [6.07, 6.45) is 2.98. The third-order valence-corrected chi connectivity index (χ3v) is 6.05. The van der Waals surface area contributed by atoms with Crippen molar-refractivity contribution < 1.29 is 4.55 Å². The average molecular weight is 304 g/mol. The smallest absolute Gasteiger partial charge is 0.144 e. The molecule has 4 heteroatoms. The number of nitrogens with one attached hydrogen (secondary N) is 1. The van der Waals surface area contributed by atoms with E-state index in [1.807, 2.05) is 20.8 Å². The van der Waals surface area contributed by atoms with Crippen LogP contribution in [0.5, 0.6) is 0 Å². The Bertz CT molecular complexity index is 556. The first-order chi connectivity index (χ1) is 9.93. The van der Waals surface area contributed by atoms with Gasteiger partial charge in [-0.05, 0) is 57.8 Å². The molecule has 114 valence electrons. The minimum Gasteiger partial charge on any atom is -0.591 e. The molecule has 0 radical (unpaired) electrons. The second kappa shape index (κ2) is 5.41. The van der Waals surface area contributed by atoms with E-state index in [1.165, 1.54) is 11.1 Å². The maximum absolute atomic E-state index is 12.5. The first kappa shape index (κ1) is 15.1. The highest BCUT2D eigenvalue weighted by molar-refractivity contribution is 7.91. The molecule has 1 aromatic rings. The van der Waals surface area contributed by atoms with Gasteiger partial charge in [0.05, 0.1) is 5.71 Å². The van der Waals surface area contributed by atoms with Crippen molar-refractivity contribution in [1.29, 1.82) is 0 Å². The lowest BCUT2D eigenvalue weighted by atomic mass is 9.73. The molecule has 0 aromatic heterocycles. The number of hydrogen-bond acceptors (Lipinski definition) is 3. The zero-order valence-corrected chi connectivity index (χ0v) is 13.9. The van der Waals surface area contributed by atoms with E-state index in [-0.39, 0.29) is 10.2 Å². The third kappa shape index (κ3) is 2.65. The van der Waals surface area contributed by atoms with E-state index in [4.69, 9.17) is 4.40 Å². The van der Waals surface area contributed by atoms with Gasteiger partial charge in [0.2, 0.25) is 0 Å². The standard InChI is InChI=1S/C17H24N2OS/c1-16(2,3)21(20)19-15-12-13-6-4-5-7-14(13)17(15)8-10-18-11-9-17/h4-7,18H,8-12H2,1-3H3/b19-15+. The van der Waals surface area contributed by atoms with Crippen LogP contribution in [0.15, 0.2) is 28.7 Å². The molecule has 3 nitrogen and oxygen atoms in total. The summed E-state index contributed by atoms with van der Waals surface area (Å²) in [5, 5.41) is 3.44. The summed E-state index contributed by atoms with van der Waals surface area (Å²) in [6, 6.07) is 8.65. The summed E-state index contributed by atoms with van der Waals surface area (Å²) in [5.41, 5.74) is 3.93. The van der Waals surface area contributed by atoms with Crippen LogP contribution in [0.3, 0.4) is 0 Å². The third-order valence-electron chi connectivity index (χ3n) is 4.62. The van der Waals surface area contributed by atoms with Crippen LogP contribution < -0.4 is 5.32 Å². The molecular formula is C17H24N2OS. The Hall–Kier alpha value is -0.840. The second-order valence-electron chi connectivity index (χ2n) is 7.07. The van der Waals surface area contributed by atoms with Gasteiger partial charge in [-0.15, -0.1) is 0 Å². The van der Waals surface area contributed by atoms with Crippen molar-refractivity contribution >= 4 is 17.1 Å². The molecule has 1 spiro atoms. The molecule has 1 unspecified atom stereocenters. The van der Waals surface area contributed by atoms with Gasteiger partial charge in [0, 0.05) is 11.8 Å². The molecule has 0 bridgehead atoms. The number of nitrogens with zero attached hydrogens (tertiary/aromatic N) is 1. The van der Waals surface area contributed by atoms with E-state index >= 15 is 0 Å². The Kier molecular flexibility index (Phi) is 3.89. The van der Waals surface area contributed by atoms with Crippen molar-refractivity contribution in [1.82, 2.24) is 5.32 Å². The number of piperidine rings is 1. The molecule has 21 heavy (non-hydrogen) atoms. The van der Waals surface area contributed by atoms with Gasteiger partial charge in [-0.25, -0.2) is 0 Å². The minimum absolute atomic E-state index is 0.0166. The molecule has 1 saturated heterocycles. The molecule has 1 N–H and O–H groups in total. The molecule has 0 amide bonds. The number of benzene rings is 1. The zero-order valence-electron chi connectivity index (χ0n) is 13.1. The summed E-state index contributed by atoms with van der Waals surface area (Å²) in [4.78, 5) is 0. The van der Waals surface area contributed by atoms with E-state index in [1.54, 1.807) is 0 Å². The highest BCUT2D eigenvalue weighted by Gasteiger charge is 2.46.